The molecular formula is C16H18N6O2. The molecule has 1 amide bonds. The minimum Gasteiger partial charge on any atom is -0.459 e. The van der Waals surface area contributed by atoms with Crippen LogP contribution in [0.15, 0.2) is 29.1 Å². The van der Waals surface area contributed by atoms with Gasteiger partial charge in [-0.3, -0.25) is 9.48 Å². The summed E-state index contributed by atoms with van der Waals surface area (Å²) in [6.45, 7) is 4.65. The molecule has 24 heavy (non-hydrogen) atoms. The largest absolute Gasteiger partial charge is 0.459 e. The van der Waals surface area contributed by atoms with E-state index in [9.17, 15) is 4.79 Å². The standard InChI is InChI=1S/C16H18N6O2/c1-11-13-14(20(2)19-11)17-10-18-15(13)21-5-7-22(8-6-21)16(23)12-4-3-9-24-12/h3-4,9-10H,5-8H2,1-2H3. The Morgan fingerprint density at radius 2 is 2.00 bits per heavy atom. The molecular weight excluding hydrogens is 308 g/mol. The van der Waals surface area contributed by atoms with Gasteiger partial charge in [-0.25, -0.2) is 9.97 Å². The van der Waals surface area contributed by atoms with Gasteiger partial charge < -0.3 is 14.2 Å². The smallest absolute Gasteiger partial charge is 0.289 e. The lowest BCUT2D eigenvalue weighted by Crippen LogP contribution is -2.49. The summed E-state index contributed by atoms with van der Waals surface area (Å²) in [5.74, 6) is 1.21. The first-order valence-electron chi connectivity index (χ1n) is 7.87. The van der Waals surface area contributed by atoms with Crippen molar-refractivity contribution in [3.05, 3.63) is 36.2 Å². The number of fused-ring (bicyclic) bond motifs is 1. The van der Waals surface area contributed by atoms with Crippen LogP contribution >= 0.6 is 0 Å². The lowest BCUT2D eigenvalue weighted by atomic mass is 10.2. The number of nitrogens with zero attached hydrogens (tertiary/aromatic N) is 6. The molecule has 0 saturated carbocycles. The van der Waals surface area contributed by atoms with Crippen LogP contribution < -0.4 is 4.90 Å². The fraction of sp³-hybridized carbons (Fsp3) is 0.375. The van der Waals surface area contributed by atoms with Crippen LogP contribution in [-0.4, -0.2) is 56.7 Å². The van der Waals surface area contributed by atoms with E-state index in [-0.39, 0.29) is 5.91 Å². The maximum Gasteiger partial charge on any atom is 0.289 e. The summed E-state index contributed by atoms with van der Waals surface area (Å²) < 4.78 is 6.97. The maximum absolute atomic E-state index is 12.3. The number of aryl methyl sites for hydroxylation is 2. The van der Waals surface area contributed by atoms with Crippen LogP contribution in [0.2, 0.25) is 0 Å². The molecule has 1 aliphatic rings. The maximum atomic E-state index is 12.3. The van der Waals surface area contributed by atoms with E-state index < -0.39 is 0 Å². The molecule has 8 heteroatoms. The molecule has 0 atom stereocenters. The summed E-state index contributed by atoms with van der Waals surface area (Å²) in [6.07, 6.45) is 3.09. The van der Waals surface area contributed by atoms with E-state index in [1.807, 2.05) is 18.9 Å². The first kappa shape index (κ1) is 14.7. The third-order valence-corrected chi connectivity index (χ3v) is 4.37. The van der Waals surface area contributed by atoms with Crippen molar-refractivity contribution in [1.82, 2.24) is 24.6 Å². The van der Waals surface area contributed by atoms with Crippen LogP contribution in [0, 0.1) is 6.92 Å². The normalized spacial score (nSPS) is 15.2. The van der Waals surface area contributed by atoms with Crippen molar-refractivity contribution in [1.29, 1.82) is 0 Å². The van der Waals surface area contributed by atoms with E-state index >= 15 is 0 Å². The van der Waals surface area contributed by atoms with Gasteiger partial charge in [0.25, 0.3) is 5.91 Å². The van der Waals surface area contributed by atoms with Gasteiger partial charge in [-0.05, 0) is 19.1 Å². The molecule has 4 heterocycles. The van der Waals surface area contributed by atoms with E-state index in [2.05, 4.69) is 20.0 Å². The Labute approximate surface area is 138 Å². The zero-order chi connectivity index (χ0) is 16.7. The van der Waals surface area contributed by atoms with Crippen molar-refractivity contribution >= 4 is 22.8 Å². The van der Waals surface area contributed by atoms with E-state index in [0.29, 0.717) is 31.9 Å². The third-order valence-electron chi connectivity index (χ3n) is 4.37. The summed E-state index contributed by atoms with van der Waals surface area (Å²) in [5.41, 5.74) is 1.74. The Morgan fingerprint density at radius 3 is 2.71 bits per heavy atom. The fourth-order valence-corrected chi connectivity index (χ4v) is 3.18. The summed E-state index contributed by atoms with van der Waals surface area (Å²) >= 11 is 0. The highest BCUT2D eigenvalue weighted by molar-refractivity contribution is 5.92. The number of carbonyl (C=O) groups is 1. The second-order valence-corrected chi connectivity index (χ2v) is 5.86. The van der Waals surface area contributed by atoms with Crippen molar-refractivity contribution in [2.45, 2.75) is 6.92 Å². The molecule has 0 aliphatic carbocycles. The van der Waals surface area contributed by atoms with Gasteiger partial charge in [0.15, 0.2) is 11.4 Å². The van der Waals surface area contributed by atoms with Gasteiger partial charge in [-0.1, -0.05) is 0 Å². The van der Waals surface area contributed by atoms with Crippen LogP contribution in [0.3, 0.4) is 0 Å². The van der Waals surface area contributed by atoms with Crippen molar-refractivity contribution in [2.24, 2.45) is 7.05 Å². The van der Waals surface area contributed by atoms with Crippen molar-refractivity contribution in [3.8, 4) is 0 Å². The molecule has 0 radical (unpaired) electrons. The molecule has 0 unspecified atom stereocenters. The average Bonchev–Trinajstić information content (AvgIpc) is 3.23. The number of amides is 1. The van der Waals surface area contributed by atoms with Crippen LogP contribution in [-0.2, 0) is 7.05 Å². The highest BCUT2D eigenvalue weighted by Crippen LogP contribution is 2.26. The molecule has 124 valence electrons. The molecule has 1 fully saturated rings. The monoisotopic (exact) mass is 326 g/mol. The van der Waals surface area contributed by atoms with Crippen molar-refractivity contribution < 1.29 is 9.21 Å². The second kappa shape index (κ2) is 5.63. The number of carbonyl (C=O) groups excluding carboxylic acids is 1. The highest BCUT2D eigenvalue weighted by Gasteiger charge is 2.26. The van der Waals surface area contributed by atoms with E-state index in [0.717, 1.165) is 22.5 Å². The number of piperazine rings is 1. The lowest BCUT2D eigenvalue weighted by Gasteiger charge is -2.35. The van der Waals surface area contributed by atoms with Crippen LogP contribution in [0.25, 0.3) is 11.0 Å². The topological polar surface area (TPSA) is 80.3 Å². The van der Waals surface area contributed by atoms with Crippen LogP contribution in [0.1, 0.15) is 16.2 Å². The van der Waals surface area contributed by atoms with Gasteiger partial charge in [-0.15, -0.1) is 0 Å². The molecule has 0 N–H and O–H groups in total. The predicted molar refractivity (Wildman–Crippen MR) is 87.9 cm³/mol. The molecule has 0 bridgehead atoms. The predicted octanol–water partition coefficient (Wildman–Crippen LogP) is 1.23. The minimum absolute atomic E-state index is 0.0648. The fourth-order valence-electron chi connectivity index (χ4n) is 3.18. The van der Waals surface area contributed by atoms with Gasteiger partial charge in [0.05, 0.1) is 17.3 Å². The zero-order valence-corrected chi connectivity index (χ0v) is 13.6. The Hall–Kier alpha value is -2.90. The van der Waals surface area contributed by atoms with Gasteiger partial charge in [0, 0.05) is 33.2 Å². The quantitative estimate of drug-likeness (QED) is 0.704. The number of anilines is 1. The SMILES string of the molecule is Cc1nn(C)c2ncnc(N3CCN(C(=O)c4ccco4)CC3)c12. The number of hydrogen-bond donors (Lipinski definition) is 0. The summed E-state index contributed by atoms with van der Waals surface area (Å²) in [5, 5.41) is 5.41. The molecule has 0 spiro atoms. The number of aromatic nitrogens is 4. The van der Waals surface area contributed by atoms with Gasteiger partial charge in [0.2, 0.25) is 0 Å². The molecule has 4 rings (SSSR count). The van der Waals surface area contributed by atoms with Crippen molar-refractivity contribution in [2.75, 3.05) is 31.1 Å². The van der Waals surface area contributed by atoms with Gasteiger partial charge in [0.1, 0.15) is 12.1 Å². The molecule has 3 aromatic heterocycles. The van der Waals surface area contributed by atoms with Crippen LogP contribution in [0.4, 0.5) is 5.82 Å². The lowest BCUT2D eigenvalue weighted by molar-refractivity contribution is 0.0714. The summed E-state index contributed by atoms with van der Waals surface area (Å²) in [6, 6.07) is 3.42. The van der Waals surface area contributed by atoms with E-state index in [1.54, 1.807) is 23.1 Å². The van der Waals surface area contributed by atoms with Crippen LogP contribution in [0.5, 0.6) is 0 Å². The minimum atomic E-state index is -0.0648. The Kier molecular flexibility index (Phi) is 3.44. The van der Waals surface area contributed by atoms with Crippen molar-refractivity contribution in [3.63, 3.8) is 0 Å². The first-order valence-corrected chi connectivity index (χ1v) is 7.87. The molecule has 8 nitrogen and oxygen atoms in total. The first-order chi connectivity index (χ1) is 11.6. The Balaban J connectivity index is 1.55. The average molecular weight is 326 g/mol. The molecule has 1 aliphatic heterocycles. The van der Waals surface area contributed by atoms with E-state index in [4.69, 9.17) is 4.42 Å². The summed E-state index contributed by atoms with van der Waals surface area (Å²) in [4.78, 5) is 25.1. The Morgan fingerprint density at radius 1 is 1.21 bits per heavy atom. The summed E-state index contributed by atoms with van der Waals surface area (Å²) in [7, 11) is 1.88. The van der Waals surface area contributed by atoms with E-state index in [1.165, 1.54) is 6.26 Å². The molecule has 3 aromatic rings. The van der Waals surface area contributed by atoms with Gasteiger partial charge in [-0.2, -0.15) is 5.10 Å². The number of rotatable bonds is 2. The Bertz CT molecular complexity index is 877. The third kappa shape index (κ3) is 2.31. The molecule has 1 saturated heterocycles. The molecule has 0 aromatic carbocycles. The highest BCUT2D eigenvalue weighted by atomic mass is 16.3. The second-order valence-electron chi connectivity index (χ2n) is 5.86. The zero-order valence-electron chi connectivity index (χ0n) is 13.6. The number of furan rings is 1. The van der Waals surface area contributed by atoms with Gasteiger partial charge >= 0.3 is 0 Å². The number of hydrogen-bond acceptors (Lipinski definition) is 6.